The summed E-state index contributed by atoms with van der Waals surface area (Å²) < 4.78 is 0. The summed E-state index contributed by atoms with van der Waals surface area (Å²) in [5.74, 6) is 6.92. The van der Waals surface area contributed by atoms with Crippen molar-refractivity contribution in [3.8, 4) is 0 Å². The lowest BCUT2D eigenvalue weighted by molar-refractivity contribution is 0.273. The monoisotopic (exact) mass is 224 g/mol. The van der Waals surface area contributed by atoms with Crippen molar-refractivity contribution >= 4 is 14.1 Å². The molecule has 0 aromatic carbocycles. The molecule has 0 aromatic rings. The van der Waals surface area contributed by atoms with Gasteiger partial charge in [0.15, 0.2) is 0 Å². The number of rotatable bonds is 2. The second-order valence-electron chi connectivity index (χ2n) is 5.13. The normalized spacial score (nSPS) is 14.7. The van der Waals surface area contributed by atoms with Gasteiger partial charge in [0.2, 0.25) is 6.67 Å². The van der Waals surface area contributed by atoms with Crippen molar-refractivity contribution in [2.75, 3.05) is 0 Å². The minimum Gasteiger partial charge on any atom is -0.344 e. The highest BCUT2D eigenvalue weighted by atomic mass is 27.2. The van der Waals surface area contributed by atoms with Gasteiger partial charge < -0.3 is 9.80 Å². The number of nitrogens with zero attached hydrogens (tertiary/aromatic N) is 2. The summed E-state index contributed by atoms with van der Waals surface area (Å²) in [6, 6.07) is 1.02. The highest BCUT2D eigenvalue weighted by molar-refractivity contribution is 6.54. The number of hydrogen-bond donors (Lipinski definition) is 0. The molecule has 0 N–H and O–H groups in total. The van der Waals surface area contributed by atoms with E-state index in [4.69, 9.17) is 0 Å². The zero-order chi connectivity index (χ0) is 12.0. The van der Waals surface area contributed by atoms with Gasteiger partial charge in [0.25, 0.3) is 14.1 Å². The molecule has 2 radical (unpaired) electrons. The minimum atomic E-state index is -0.139. The van der Waals surface area contributed by atoms with Crippen molar-refractivity contribution in [1.29, 1.82) is 0 Å². The predicted octanol–water partition coefficient (Wildman–Crippen LogP) is 3.26. The molecule has 0 amide bonds. The molecular weight excluding hydrogens is 199 g/mol. The van der Waals surface area contributed by atoms with E-state index in [1.54, 1.807) is 0 Å². The summed E-state index contributed by atoms with van der Waals surface area (Å²) in [7, 11) is 0. The van der Waals surface area contributed by atoms with Gasteiger partial charge in [0, 0.05) is 24.5 Å². The van der Waals surface area contributed by atoms with Gasteiger partial charge in [-0.25, -0.2) is 0 Å². The van der Waals surface area contributed by atoms with Crippen molar-refractivity contribution in [3.05, 3.63) is 19.1 Å². The first-order valence-electron chi connectivity index (χ1n) is 5.85. The maximum absolute atomic E-state index is 3.25. The standard InChI is InChI=1S/C9H16N2.3CH3.Al/c1-8(2)10-5-6-11(7-10)9(3)4;;;;/h5-6,8-9H,1-4H3;3*1H3;. The molecule has 2 nitrogen and oxygen atoms in total. The third-order valence-corrected chi connectivity index (χ3v) is 1.73. The summed E-state index contributed by atoms with van der Waals surface area (Å²) >= 11 is -0.139. The summed E-state index contributed by atoms with van der Waals surface area (Å²) in [5.41, 5.74) is 0. The van der Waals surface area contributed by atoms with Gasteiger partial charge >= 0.3 is 0 Å². The zero-order valence-corrected chi connectivity index (χ0v) is 12.4. The van der Waals surface area contributed by atoms with Crippen LogP contribution in [0.3, 0.4) is 0 Å². The topological polar surface area (TPSA) is 6.48 Å². The zero-order valence-electron chi connectivity index (χ0n) is 11.3. The van der Waals surface area contributed by atoms with Gasteiger partial charge in [0.1, 0.15) is 0 Å². The highest BCUT2D eigenvalue weighted by Crippen LogP contribution is 2.16. The third-order valence-electron chi connectivity index (χ3n) is 1.73. The minimum absolute atomic E-state index is 0.139. The molecule has 0 bridgehead atoms. The molecule has 1 heterocycles. The molecule has 1 aliphatic heterocycles. The Morgan fingerprint density at radius 1 is 0.867 bits per heavy atom. The molecule has 15 heavy (non-hydrogen) atoms. The van der Waals surface area contributed by atoms with Crippen LogP contribution in [0.4, 0.5) is 0 Å². The van der Waals surface area contributed by atoms with Crippen molar-refractivity contribution in [3.63, 3.8) is 0 Å². The van der Waals surface area contributed by atoms with Gasteiger partial charge in [0.05, 0.1) is 0 Å². The van der Waals surface area contributed by atoms with Crippen LogP contribution in [0.25, 0.3) is 0 Å². The molecule has 0 saturated carbocycles. The summed E-state index contributed by atoms with van der Waals surface area (Å²) in [5, 5.41) is 0. The van der Waals surface area contributed by atoms with Crippen LogP contribution < -0.4 is 0 Å². The van der Waals surface area contributed by atoms with Crippen molar-refractivity contribution in [2.24, 2.45) is 0 Å². The molecule has 3 heteroatoms. The lowest BCUT2D eigenvalue weighted by Gasteiger charge is -2.24. The van der Waals surface area contributed by atoms with Gasteiger partial charge in [-0.15, -0.1) is 17.4 Å². The molecular formula is C12H25AlN2. The summed E-state index contributed by atoms with van der Waals surface area (Å²) in [4.78, 5) is 4.17. The lowest BCUT2D eigenvalue weighted by atomic mass is 10.3. The Kier molecular flexibility index (Phi) is 7.14. The van der Waals surface area contributed by atoms with E-state index in [-0.39, 0.29) is 14.1 Å². The molecule has 0 unspecified atom stereocenters. The molecule has 1 rings (SSSR count). The quantitative estimate of drug-likeness (QED) is 0.664. The van der Waals surface area contributed by atoms with Crippen LogP contribution in [0.15, 0.2) is 12.4 Å². The van der Waals surface area contributed by atoms with Gasteiger partial charge in [-0.1, -0.05) is 0 Å². The van der Waals surface area contributed by atoms with Crippen LogP contribution in [0.1, 0.15) is 27.7 Å². The molecule has 0 aromatic heterocycles. The van der Waals surface area contributed by atoms with E-state index in [2.05, 4.69) is 73.9 Å². The third kappa shape index (κ3) is 6.87. The molecule has 1 aliphatic rings. The van der Waals surface area contributed by atoms with E-state index in [9.17, 15) is 0 Å². The molecule has 0 saturated heterocycles. The van der Waals surface area contributed by atoms with Crippen LogP contribution in [0.2, 0.25) is 17.4 Å². The van der Waals surface area contributed by atoms with E-state index in [0.29, 0.717) is 12.1 Å². The maximum Gasteiger partial charge on any atom is 0.251 e. The summed E-state index contributed by atoms with van der Waals surface area (Å²) in [6.45, 7) is 11.9. The fourth-order valence-corrected chi connectivity index (χ4v) is 0.919. The Balaban J connectivity index is 0.000000423. The van der Waals surface area contributed by atoms with Gasteiger partial charge in [-0.05, 0) is 27.7 Å². The molecule has 0 atom stereocenters. The SMILES string of the molecule is CC(C)N1[C]N(C(C)C)C=C1.[CH3][Al]([CH3])[CH3]. The predicted molar refractivity (Wildman–Crippen MR) is 69.7 cm³/mol. The Labute approximate surface area is 100 Å². The average Bonchev–Trinajstić information content (AvgIpc) is 2.49. The lowest BCUT2D eigenvalue weighted by Crippen LogP contribution is -2.28. The van der Waals surface area contributed by atoms with Gasteiger partial charge in [-0.2, -0.15) is 0 Å². The van der Waals surface area contributed by atoms with Crippen molar-refractivity contribution in [2.45, 2.75) is 57.1 Å². The molecule has 0 aliphatic carbocycles. The van der Waals surface area contributed by atoms with Crippen molar-refractivity contribution < 1.29 is 0 Å². The summed E-state index contributed by atoms with van der Waals surface area (Å²) in [6.07, 6.45) is 4.12. The van der Waals surface area contributed by atoms with E-state index >= 15 is 0 Å². The Bertz CT molecular complexity index is 169. The van der Waals surface area contributed by atoms with Crippen LogP contribution in [-0.2, 0) is 0 Å². The Morgan fingerprint density at radius 3 is 1.27 bits per heavy atom. The Hall–Kier alpha value is -0.128. The van der Waals surface area contributed by atoms with Crippen LogP contribution in [-0.4, -0.2) is 36.0 Å². The van der Waals surface area contributed by atoms with E-state index in [0.717, 1.165) is 0 Å². The van der Waals surface area contributed by atoms with E-state index in [1.807, 2.05) is 0 Å². The van der Waals surface area contributed by atoms with Gasteiger partial charge in [-0.3, -0.25) is 0 Å². The Morgan fingerprint density at radius 2 is 1.13 bits per heavy atom. The average molecular weight is 224 g/mol. The molecule has 86 valence electrons. The second kappa shape index (κ2) is 7.20. The maximum atomic E-state index is 3.25. The second-order valence-corrected chi connectivity index (χ2v) is 8.60. The highest BCUT2D eigenvalue weighted by Gasteiger charge is 2.18. The first-order chi connectivity index (χ1) is 6.84. The van der Waals surface area contributed by atoms with Crippen molar-refractivity contribution in [1.82, 2.24) is 9.80 Å². The first-order valence-corrected chi connectivity index (χ1v) is 9.32. The first kappa shape index (κ1) is 14.9. The smallest absolute Gasteiger partial charge is 0.251 e. The fraction of sp³-hybridized carbons (Fsp3) is 0.750. The van der Waals surface area contributed by atoms with Crippen LogP contribution in [0, 0.1) is 6.67 Å². The molecule has 0 fully saturated rings. The van der Waals surface area contributed by atoms with Crippen LogP contribution in [0.5, 0.6) is 0 Å². The van der Waals surface area contributed by atoms with E-state index < -0.39 is 0 Å². The largest absolute Gasteiger partial charge is 0.344 e. The van der Waals surface area contributed by atoms with Crippen LogP contribution >= 0.6 is 0 Å². The number of hydrogen-bond acceptors (Lipinski definition) is 2. The molecule has 0 spiro atoms. The van der Waals surface area contributed by atoms with E-state index in [1.165, 1.54) is 0 Å². The fourth-order valence-electron chi connectivity index (χ4n) is 0.919.